The number of rotatable bonds is 6. The maximum Gasteiger partial charge on any atom is 0.222 e. The Bertz CT molecular complexity index is 326. The lowest BCUT2D eigenvalue weighted by Crippen LogP contribution is -2.07. The van der Waals surface area contributed by atoms with Gasteiger partial charge in [0.05, 0.1) is 12.2 Å². The van der Waals surface area contributed by atoms with Crippen LogP contribution in [0.5, 0.6) is 5.88 Å². The van der Waals surface area contributed by atoms with E-state index >= 15 is 0 Å². The Balaban J connectivity index is 2.67. The summed E-state index contributed by atoms with van der Waals surface area (Å²) in [4.78, 5) is 8.14. The van der Waals surface area contributed by atoms with Crippen molar-refractivity contribution in [1.29, 1.82) is 0 Å². The van der Waals surface area contributed by atoms with Gasteiger partial charge in [-0.25, -0.2) is 9.97 Å². The molecule has 0 aliphatic carbocycles. The molecule has 0 amide bonds. The lowest BCUT2D eigenvalue weighted by atomic mass is 10.1. The van der Waals surface area contributed by atoms with E-state index in [2.05, 4.69) is 30.7 Å². The van der Waals surface area contributed by atoms with Gasteiger partial charge in [0.1, 0.15) is 12.1 Å². The van der Waals surface area contributed by atoms with Crippen molar-refractivity contribution in [3.63, 3.8) is 0 Å². The molecule has 0 radical (unpaired) electrons. The zero-order chi connectivity index (χ0) is 12.0. The van der Waals surface area contributed by atoms with Gasteiger partial charge in [-0.1, -0.05) is 33.6 Å². The van der Waals surface area contributed by atoms with Crippen LogP contribution in [0, 0.1) is 0 Å². The molecule has 0 aliphatic rings. The summed E-state index contributed by atoms with van der Waals surface area (Å²) in [6.07, 6.45) is 4.87. The minimum Gasteiger partial charge on any atom is -0.477 e. The summed E-state index contributed by atoms with van der Waals surface area (Å²) >= 11 is 0. The van der Waals surface area contributed by atoms with Crippen molar-refractivity contribution in [1.82, 2.24) is 9.97 Å². The molecule has 0 bridgehead atoms. The highest BCUT2D eigenvalue weighted by Gasteiger charge is 2.13. The molecule has 90 valence electrons. The van der Waals surface area contributed by atoms with Gasteiger partial charge in [-0.15, -0.1) is 0 Å². The second-order valence-electron chi connectivity index (χ2n) is 4.19. The summed E-state index contributed by atoms with van der Waals surface area (Å²) in [6.45, 7) is 6.99. The topological polar surface area (TPSA) is 61.0 Å². The summed E-state index contributed by atoms with van der Waals surface area (Å²) in [5.74, 6) is 1.44. The largest absolute Gasteiger partial charge is 0.477 e. The molecule has 4 nitrogen and oxygen atoms in total. The van der Waals surface area contributed by atoms with Gasteiger partial charge in [-0.2, -0.15) is 0 Å². The van der Waals surface area contributed by atoms with Crippen LogP contribution in [0.15, 0.2) is 6.33 Å². The predicted octanol–water partition coefficient (Wildman–Crippen LogP) is 2.75. The number of ether oxygens (including phenoxy) is 1. The van der Waals surface area contributed by atoms with Gasteiger partial charge in [0.25, 0.3) is 0 Å². The van der Waals surface area contributed by atoms with Crippen molar-refractivity contribution in [3.05, 3.63) is 11.9 Å². The van der Waals surface area contributed by atoms with E-state index in [4.69, 9.17) is 10.5 Å². The van der Waals surface area contributed by atoms with E-state index in [0.29, 0.717) is 18.3 Å². The molecule has 0 unspecified atom stereocenters. The Hall–Kier alpha value is -1.32. The van der Waals surface area contributed by atoms with Crippen molar-refractivity contribution >= 4 is 5.82 Å². The number of aromatic nitrogens is 2. The van der Waals surface area contributed by atoms with E-state index in [9.17, 15) is 0 Å². The third-order valence-corrected chi connectivity index (χ3v) is 2.44. The number of nitrogens with two attached hydrogens (primary N) is 1. The fraction of sp³-hybridized carbons (Fsp3) is 0.667. The molecule has 0 aromatic carbocycles. The predicted molar refractivity (Wildman–Crippen MR) is 65.6 cm³/mol. The Morgan fingerprint density at radius 2 is 2.06 bits per heavy atom. The van der Waals surface area contributed by atoms with E-state index in [1.165, 1.54) is 19.2 Å². The van der Waals surface area contributed by atoms with Gasteiger partial charge >= 0.3 is 0 Å². The molecular formula is C12H21N3O. The number of nitrogens with zero attached hydrogens (tertiary/aromatic N) is 2. The second kappa shape index (κ2) is 6.30. The average molecular weight is 223 g/mol. The molecule has 1 rings (SSSR count). The average Bonchev–Trinajstić information content (AvgIpc) is 2.24. The van der Waals surface area contributed by atoms with Crippen LogP contribution in [-0.2, 0) is 0 Å². The van der Waals surface area contributed by atoms with E-state index in [0.717, 1.165) is 12.0 Å². The monoisotopic (exact) mass is 223 g/mol. The molecule has 1 heterocycles. The maximum atomic E-state index is 5.82. The van der Waals surface area contributed by atoms with Crippen LogP contribution in [0.25, 0.3) is 0 Å². The molecule has 0 aliphatic heterocycles. The lowest BCUT2D eigenvalue weighted by Gasteiger charge is -2.13. The van der Waals surface area contributed by atoms with Crippen LogP contribution < -0.4 is 10.5 Å². The van der Waals surface area contributed by atoms with Gasteiger partial charge in [-0.05, 0) is 12.3 Å². The number of hydrogen-bond acceptors (Lipinski definition) is 4. The third-order valence-electron chi connectivity index (χ3n) is 2.44. The fourth-order valence-corrected chi connectivity index (χ4v) is 1.57. The second-order valence-corrected chi connectivity index (χ2v) is 4.19. The Kier molecular flexibility index (Phi) is 5.02. The zero-order valence-electron chi connectivity index (χ0n) is 10.4. The van der Waals surface area contributed by atoms with Crippen LogP contribution in [0.2, 0.25) is 0 Å². The highest BCUT2D eigenvalue weighted by molar-refractivity contribution is 5.46. The van der Waals surface area contributed by atoms with Crippen molar-refractivity contribution in [2.45, 2.75) is 46.0 Å². The van der Waals surface area contributed by atoms with Gasteiger partial charge in [0, 0.05) is 0 Å². The normalized spacial score (nSPS) is 10.8. The van der Waals surface area contributed by atoms with Crippen LogP contribution >= 0.6 is 0 Å². The molecule has 0 atom stereocenters. The van der Waals surface area contributed by atoms with Crippen LogP contribution in [-0.4, -0.2) is 16.6 Å². The summed E-state index contributed by atoms with van der Waals surface area (Å²) < 4.78 is 5.65. The number of unbranched alkanes of at least 4 members (excludes halogenated alkanes) is 2. The van der Waals surface area contributed by atoms with Gasteiger partial charge in [0.15, 0.2) is 0 Å². The summed E-state index contributed by atoms with van der Waals surface area (Å²) in [6, 6.07) is 0. The first kappa shape index (κ1) is 12.7. The third kappa shape index (κ3) is 3.36. The molecule has 0 saturated carbocycles. The van der Waals surface area contributed by atoms with Gasteiger partial charge in [0.2, 0.25) is 5.88 Å². The van der Waals surface area contributed by atoms with Crippen molar-refractivity contribution in [2.75, 3.05) is 12.3 Å². The molecular weight excluding hydrogens is 202 g/mol. The molecule has 16 heavy (non-hydrogen) atoms. The lowest BCUT2D eigenvalue weighted by molar-refractivity contribution is 0.290. The zero-order valence-corrected chi connectivity index (χ0v) is 10.4. The van der Waals surface area contributed by atoms with E-state index in [1.807, 2.05) is 0 Å². The van der Waals surface area contributed by atoms with Crippen LogP contribution in [0.1, 0.15) is 51.5 Å². The van der Waals surface area contributed by atoms with Crippen molar-refractivity contribution in [2.24, 2.45) is 0 Å². The quantitative estimate of drug-likeness (QED) is 0.753. The van der Waals surface area contributed by atoms with Gasteiger partial charge < -0.3 is 10.5 Å². The van der Waals surface area contributed by atoms with E-state index in [-0.39, 0.29) is 5.92 Å². The summed E-state index contributed by atoms with van der Waals surface area (Å²) in [5, 5.41) is 0. The number of anilines is 1. The van der Waals surface area contributed by atoms with E-state index < -0.39 is 0 Å². The van der Waals surface area contributed by atoms with E-state index in [1.54, 1.807) is 0 Å². The molecule has 1 aromatic rings. The molecule has 0 spiro atoms. The summed E-state index contributed by atoms with van der Waals surface area (Å²) in [5.41, 5.74) is 6.74. The highest BCUT2D eigenvalue weighted by Crippen LogP contribution is 2.27. The molecule has 0 saturated heterocycles. The fourth-order valence-electron chi connectivity index (χ4n) is 1.57. The molecule has 4 heteroatoms. The first-order valence-electron chi connectivity index (χ1n) is 5.90. The van der Waals surface area contributed by atoms with Crippen molar-refractivity contribution < 1.29 is 4.74 Å². The van der Waals surface area contributed by atoms with Crippen LogP contribution in [0.4, 0.5) is 5.82 Å². The van der Waals surface area contributed by atoms with Crippen molar-refractivity contribution in [3.8, 4) is 5.88 Å². The highest BCUT2D eigenvalue weighted by atomic mass is 16.5. The molecule has 1 aromatic heterocycles. The smallest absolute Gasteiger partial charge is 0.222 e. The van der Waals surface area contributed by atoms with Gasteiger partial charge in [-0.3, -0.25) is 0 Å². The minimum atomic E-state index is 0.280. The Morgan fingerprint density at radius 3 is 2.69 bits per heavy atom. The number of hydrogen-bond donors (Lipinski definition) is 1. The van der Waals surface area contributed by atoms with Crippen LogP contribution in [0.3, 0.4) is 0 Å². The first-order valence-corrected chi connectivity index (χ1v) is 5.90. The Labute approximate surface area is 97.2 Å². The maximum absolute atomic E-state index is 5.82. The SMILES string of the molecule is CCCCCOc1ncnc(N)c1C(C)C. The summed E-state index contributed by atoms with van der Waals surface area (Å²) in [7, 11) is 0. The molecule has 2 N–H and O–H groups in total. The first-order chi connectivity index (χ1) is 7.66. The number of nitrogen functional groups attached to an aromatic ring is 1. The minimum absolute atomic E-state index is 0.280. The Morgan fingerprint density at radius 1 is 1.31 bits per heavy atom. The molecule has 0 fully saturated rings. The standard InChI is InChI=1S/C12H21N3O/c1-4-5-6-7-16-12-10(9(2)3)11(13)14-8-15-12/h8-9H,4-7H2,1-3H3,(H2,13,14,15).